The summed E-state index contributed by atoms with van der Waals surface area (Å²) in [6.45, 7) is 6.84. The highest BCUT2D eigenvalue weighted by Gasteiger charge is 2.22. The first kappa shape index (κ1) is 13.0. The first-order chi connectivity index (χ1) is 7.24. The molecule has 0 spiro atoms. The normalized spacial score (nSPS) is 32.6. The van der Waals surface area contributed by atoms with Crippen molar-refractivity contribution in [1.82, 2.24) is 0 Å². The number of hydrogen-bond acceptors (Lipinski definition) is 1. The molecule has 0 aromatic heterocycles. The Morgan fingerprint density at radius 2 is 1.87 bits per heavy atom. The van der Waals surface area contributed by atoms with E-state index in [1.165, 1.54) is 51.4 Å². The molecule has 0 bridgehead atoms. The van der Waals surface area contributed by atoms with E-state index >= 15 is 0 Å². The van der Waals surface area contributed by atoms with Crippen molar-refractivity contribution in [2.75, 3.05) is 0 Å². The fourth-order valence-electron chi connectivity index (χ4n) is 2.42. The van der Waals surface area contributed by atoms with E-state index < -0.39 is 0 Å². The fraction of sp³-hybridized carbons (Fsp3) is 1.00. The Balaban J connectivity index is 2.17. The van der Waals surface area contributed by atoms with E-state index in [9.17, 15) is 0 Å². The summed E-state index contributed by atoms with van der Waals surface area (Å²) in [6, 6.07) is 0. The molecule has 0 aromatic carbocycles. The van der Waals surface area contributed by atoms with Gasteiger partial charge >= 0.3 is 0 Å². The summed E-state index contributed by atoms with van der Waals surface area (Å²) in [7, 11) is 0. The summed E-state index contributed by atoms with van der Waals surface area (Å²) < 4.78 is 6.10. The van der Waals surface area contributed by atoms with Crippen molar-refractivity contribution in [1.29, 1.82) is 0 Å². The van der Waals surface area contributed by atoms with E-state index in [-0.39, 0.29) is 0 Å². The summed E-state index contributed by atoms with van der Waals surface area (Å²) in [5.41, 5.74) is 0. The average Bonchev–Trinajstić information content (AvgIpc) is 2.37. The lowest BCUT2D eigenvalue weighted by Crippen LogP contribution is -2.21. The van der Waals surface area contributed by atoms with Crippen molar-refractivity contribution in [2.24, 2.45) is 5.92 Å². The van der Waals surface area contributed by atoms with Crippen LogP contribution in [0.3, 0.4) is 0 Å². The van der Waals surface area contributed by atoms with Crippen LogP contribution in [0.15, 0.2) is 0 Å². The van der Waals surface area contributed by atoms with Gasteiger partial charge in [0.15, 0.2) is 0 Å². The quantitative estimate of drug-likeness (QED) is 0.607. The minimum absolute atomic E-state index is 0.476. The third kappa shape index (κ3) is 5.01. The lowest BCUT2D eigenvalue weighted by molar-refractivity contribution is -0.0223. The zero-order valence-electron chi connectivity index (χ0n) is 10.8. The van der Waals surface area contributed by atoms with Gasteiger partial charge in [0.2, 0.25) is 0 Å². The van der Waals surface area contributed by atoms with E-state index in [0.29, 0.717) is 12.2 Å². The van der Waals surface area contributed by atoms with Gasteiger partial charge in [-0.2, -0.15) is 0 Å². The summed E-state index contributed by atoms with van der Waals surface area (Å²) in [5, 5.41) is 0. The highest BCUT2D eigenvalue weighted by molar-refractivity contribution is 4.71. The lowest BCUT2D eigenvalue weighted by atomic mass is 9.99. The second kappa shape index (κ2) is 7.27. The van der Waals surface area contributed by atoms with Crippen molar-refractivity contribution in [3.63, 3.8) is 0 Å². The van der Waals surface area contributed by atoms with Gasteiger partial charge < -0.3 is 4.74 Å². The molecule has 0 amide bonds. The molecule has 90 valence electrons. The Morgan fingerprint density at radius 3 is 2.60 bits per heavy atom. The van der Waals surface area contributed by atoms with Crippen molar-refractivity contribution >= 4 is 0 Å². The minimum atomic E-state index is 0.476. The van der Waals surface area contributed by atoms with E-state index in [2.05, 4.69) is 20.8 Å². The summed E-state index contributed by atoms with van der Waals surface area (Å²) in [6.07, 6.45) is 11.8. The van der Waals surface area contributed by atoms with Crippen molar-refractivity contribution in [3.8, 4) is 0 Å². The monoisotopic (exact) mass is 212 g/mol. The van der Waals surface area contributed by atoms with Gasteiger partial charge in [0.05, 0.1) is 12.2 Å². The molecule has 1 nitrogen and oxygen atoms in total. The van der Waals surface area contributed by atoms with Gasteiger partial charge in [-0.1, -0.05) is 46.0 Å². The van der Waals surface area contributed by atoms with Crippen LogP contribution < -0.4 is 0 Å². The molecule has 1 aliphatic rings. The van der Waals surface area contributed by atoms with Gasteiger partial charge in [-0.05, 0) is 32.1 Å². The van der Waals surface area contributed by atoms with E-state index in [1.54, 1.807) is 0 Å². The minimum Gasteiger partial charge on any atom is -0.375 e. The molecule has 15 heavy (non-hydrogen) atoms. The van der Waals surface area contributed by atoms with Crippen LogP contribution in [0.25, 0.3) is 0 Å². The molecule has 0 unspecified atom stereocenters. The van der Waals surface area contributed by atoms with Crippen molar-refractivity contribution in [2.45, 2.75) is 84.3 Å². The standard InChI is InChI=1S/C14H28O/c1-4-5-6-7-10-14-11-8-9-12(2)13(3)15-14/h12-14H,4-11H2,1-3H3/t12-,13+,14+/m0/s1. The molecular weight excluding hydrogens is 184 g/mol. The molecule has 0 aliphatic carbocycles. The first-order valence-electron chi connectivity index (χ1n) is 6.89. The first-order valence-corrected chi connectivity index (χ1v) is 6.89. The van der Waals surface area contributed by atoms with Gasteiger partial charge in [-0.3, -0.25) is 0 Å². The lowest BCUT2D eigenvalue weighted by Gasteiger charge is -2.21. The van der Waals surface area contributed by atoms with Crippen LogP contribution in [-0.4, -0.2) is 12.2 Å². The Labute approximate surface area is 95.6 Å². The Bertz CT molecular complexity index is 155. The number of rotatable bonds is 5. The van der Waals surface area contributed by atoms with Crippen LogP contribution in [0.2, 0.25) is 0 Å². The maximum atomic E-state index is 6.10. The summed E-state index contributed by atoms with van der Waals surface area (Å²) in [5.74, 6) is 0.755. The maximum absolute atomic E-state index is 6.10. The predicted octanol–water partition coefficient (Wildman–Crippen LogP) is 4.55. The van der Waals surface area contributed by atoms with E-state index in [4.69, 9.17) is 4.74 Å². The van der Waals surface area contributed by atoms with Crippen molar-refractivity contribution in [3.05, 3.63) is 0 Å². The predicted molar refractivity (Wildman–Crippen MR) is 66.1 cm³/mol. The van der Waals surface area contributed by atoms with Gasteiger partial charge in [0.1, 0.15) is 0 Å². The average molecular weight is 212 g/mol. The highest BCUT2D eigenvalue weighted by atomic mass is 16.5. The molecular formula is C14H28O. The molecule has 1 heterocycles. The van der Waals surface area contributed by atoms with E-state index in [1.807, 2.05) is 0 Å². The largest absolute Gasteiger partial charge is 0.375 e. The van der Waals surface area contributed by atoms with Gasteiger partial charge in [0.25, 0.3) is 0 Å². The molecule has 0 saturated carbocycles. The molecule has 1 fully saturated rings. The molecule has 0 aromatic rings. The second-order valence-electron chi connectivity index (χ2n) is 5.22. The topological polar surface area (TPSA) is 9.23 Å². The Hall–Kier alpha value is -0.0400. The van der Waals surface area contributed by atoms with E-state index in [0.717, 1.165) is 5.92 Å². The van der Waals surface area contributed by atoms with Crippen LogP contribution in [0.1, 0.15) is 72.1 Å². The third-order valence-electron chi connectivity index (χ3n) is 3.77. The molecule has 3 atom stereocenters. The maximum Gasteiger partial charge on any atom is 0.0578 e. The fourth-order valence-corrected chi connectivity index (χ4v) is 2.42. The smallest absolute Gasteiger partial charge is 0.0578 e. The molecule has 0 N–H and O–H groups in total. The molecule has 1 rings (SSSR count). The van der Waals surface area contributed by atoms with Crippen LogP contribution >= 0.6 is 0 Å². The zero-order chi connectivity index (χ0) is 11.1. The number of hydrogen-bond donors (Lipinski definition) is 0. The number of ether oxygens (including phenoxy) is 1. The highest BCUT2D eigenvalue weighted by Crippen LogP contribution is 2.25. The Morgan fingerprint density at radius 1 is 1.07 bits per heavy atom. The van der Waals surface area contributed by atoms with Crippen LogP contribution in [0.5, 0.6) is 0 Å². The third-order valence-corrected chi connectivity index (χ3v) is 3.77. The molecule has 1 heteroatoms. The van der Waals surface area contributed by atoms with Crippen LogP contribution in [0, 0.1) is 5.92 Å². The SMILES string of the molecule is CCCCCC[C@@H]1CCC[C@H](C)[C@@H](C)O1. The van der Waals surface area contributed by atoms with Crippen LogP contribution in [-0.2, 0) is 4.74 Å². The van der Waals surface area contributed by atoms with Gasteiger partial charge in [-0.15, -0.1) is 0 Å². The second-order valence-corrected chi connectivity index (χ2v) is 5.22. The van der Waals surface area contributed by atoms with Gasteiger partial charge in [-0.25, -0.2) is 0 Å². The molecule has 1 aliphatic heterocycles. The molecule has 0 radical (unpaired) electrons. The summed E-state index contributed by atoms with van der Waals surface area (Å²) in [4.78, 5) is 0. The Kier molecular flexibility index (Phi) is 6.31. The summed E-state index contributed by atoms with van der Waals surface area (Å²) >= 11 is 0. The molecule has 1 saturated heterocycles. The zero-order valence-corrected chi connectivity index (χ0v) is 10.8. The van der Waals surface area contributed by atoms with Crippen molar-refractivity contribution < 1.29 is 4.74 Å². The van der Waals surface area contributed by atoms with Gasteiger partial charge in [0, 0.05) is 0 Å². The van der Waals surface area contributed by atoms with Crippen LogP contribution in [0.4, 0.5) is 0 Å². The number of unbranched alkanes of at least 4 members (excludes halogenated alkanes) is 3.